The van der Waals surface area contributed by atoms with Gasteiger partial charge in [0.05, 0.1) is 0 Å². The van der Waals surface area contributed by atoms with E-state index in [-0.39, 0.29) is 11.4 Å². The van der Waals surface area contributed by atoms with E-state index in [0.717, 1.165) is 5.56 Å². The van der Waals surface area contributed by atoms with Crippen LogP contribution in [0.5, 0.6) is 0 Å². The maximum Gasteiger partial charge on any atom is 0.418 e. The minimum Gasteiger partial charge on any atom is -0.412 e. The van der Waals surface area contributed by atoms with Crippen molar-refractivity contribution in [3.63, 3.8) is 0 Å². The first-order valence-corrected chi connectivity index (χ1v) is 8.23. The van der Waals surface area contributed by atoms with E-state index in [2.05, 4.69) is 9.28 Å². The molecule has 1 aromatic carbocycles. The van der Waals surface area contributed by atoms with Crippen molar-refractivity contribution in [2.75, 3.05) is 6.54 Å². The van der Waals surface area contributed by atoms with Crippen LogP contribution in [-0.4, -0.2) is 47.1 Å². The van der Waals surface area contributed by atoms with E-state index >= 15 is 0 Å². The molecule has 10 nitrogen and oxygen atoms in total. The molecule has 11 heteroatoms. The van der Waals surface area contributed by atoms with Gasteiger partial charge in [-0.25, -0.2) is 0 Å². The average Bonchev–Trinajstić information content (AvgIpc) is 2.48. The number of hydrogen-bond acceptors (Lipinski definition) is 8. The van der Waals surface area contributed by atoms with Crippen molar-refractivity contribution in [2.45, 2.75) is 19.6 Å². The first-order valence-electron chi connectivity index (χ1n) is 6.87. The fourth-order valence-electron chi connectivity index (χ4n) is 2.10. The lowest BCUT2D eigenvalue weighted by Crippen LogP contribution is -2.51. The number of nitrogens with zero attached hydrogens (tertiary/aromatic N) is 3. The summed E-state index contributed by atoms with van der Waals surface area (Å²) in [6.45, 7) is 3.18. The highest BCUT2D eigenvalue weighted by Crippen LogP contribution is 2.18. The van der Waals surface area contributed by atoms with Crippen LogP contribution in [0.3, 0.4) is 0 Å². The molecule has 1 aromatic rings. The summed E-state index contributed by atoms with van der Waals surface area (Å²) in [6, 6.07) is 9.75. The van der Waals surface area contributed by atoms with Crippen molar-refractivity contribution in [3.8, 4) is 0 Å². The molecular weight excluding hydrogens is 338 g/mol. The van der Waals surface area contributed by atoms with Gasteiger partial charge in [-0.05, 0) is 18.6 Å². The molecular formula is C13H21N5O5S. The van der Waals surface area contributed by atoms with E-state index in [1.165, 1.54) is 6.08 Å². The molecule has 0 fully saturated rings. The molecule has 24 heavy (non-hydrogen) atoms. The largest absolute Gasteiger partial charge is 0.418 e. The van der Waals surface area contributed by atoms with Crippen molar-refractivity contribution < 1.29 is 22.7 Å². The second kappa shape index (κ2) is 8.08. The average molecular weight is 359 g/mol. The molecule has 0 aliphatic carbocycles. The smallest absolute Gasteiger partial charge is 0.412 e. The fraction of sp³-hybridized carbons (Fsp3) is 0.308. The Bertz CT molecular complexity index is 707. The fourth-order valence-corrected chi connectivity index (χ4v) is 2.48. The highest BCUT2D eigenvalue weighted by Gasteiger charge is 2.27. The van der Waals surface area contributed by atoms with Gasteiger partial charge in [0, 0.05) is 13.1 Å². The van der Waals surface area contributed by atoms with Crippen LogP contribution in [0, 0.1) is 0 Å². The zero-order chi connectivity index (χ0) is 17.0. The van der Waals surface area contributed by atoms with E-state index in [1.807, 2.05) is 42.2 Å². The number of aliphatic imine (C=N–C) groups is 1. The van der Waals surface area contributed by atoms with E-state index in [9.17, 15) is 8.42 Å². The standard InChI is InChI=1S/C13H19N5O4S.H2O/c1-2-17(9-10-6-4-3-5-7-10)12-8-11(14)18(13(15)16-12)22-23(19,20)21;/h3-8,11H,2,9,14H2,1H3,(H2,15,16)(H,19,20,21);1H2. The molecule has 0 amide bonds. The van der Waals surface area contributed by atoms with Crippen molar-refractivity contribution in [1.29, 1.82) is 0 Å². The minimum atomic E-state index is -4.74. The number of nitrogens with two attached hydrogens (primary N) is 2. The lowest BCUT2D eigenvalue weighted by molar-refractivity contribution is -0.0132. The molecule has 1 aliphatic heterocycles. The summed E-state index contributed by atoms with van der Waals surface area (Å²) >= 11 is 0. The monoisotopic (exact) mass is 359 g/mol. The second-order valence-corrected chi connectivity index (χ2v) is 5.82. The van der Waals surface area contributed by atoms with Gasteiger partial charge >= 0.3 is 10.4 Å². The van der Waals surface area contributed by atoms with Gasteiger partial charge in [-0.1, -0.05) is 30.3 Å². The molecule has 0 radical (unpaired) electrons. The summed E-state index contributed by atoms with van der Waals surface area (Å²) in [5.41, 5.74) is 12.6. The molecule has 0 bridgehead atoms. The summed E-state index contributed by atoms with van der Waals surface area (Å²) in [7, 11) is -4.74. The van der Waals surface area contributed by atoms with Crippen LogP contribution in [-0.2, 0) is 21.2 Å². The summed E-state index contributed by atoms with van der Waals surface area (Å²) < 4.78 is 34.6. The molecule has 0 aromatic heterocycles. The molecule has 1 atom stereocenters. The minimum absolute atomic E-state index is 0. The number of benzene rings is 1. The molecule has 1 unspecified atom stereocenters. The highest BCUT2D eigenvalue weighted by molar-refractivity contribution is 7.80. The van der Waals surface area contributed by atoms with Gasteiger partial charge in [0.2, 0.25) is 5.96 Å². The normalized spacial score (nSPS) is 17.6. The predicted molar refractivity (Wildman–Crippen MR) is 88.3 cm³/mol. The van der Waals surface area contributed by atoms with Gasteiger partial charge in [0.25, 0.3) is 0 Å². The van der Waals surface area contributed by atoms with Crippen molar-refractivity contribution in [1.82, 2.24) is 9.96 Å². The summed E-state index contributed by atoms with van der Waals surface area (Å²) in [5.74, 6) is 0.232. The second-order valence-electron chi connectivity index (χ2n) is 4.81. The summed E-state index contributed by atoms with van der Waals surface area (Å²) in [6.07, 6.45) is 0.489. The molecule has 0 saturated carbocycles. The van der Waals surface area contributed by atoms with E-state index in [0.29, 0.717) is 24.0 Å². The lowest BCUT2D eigenvalue weighted by Gasteiger charge is -2.32. The van der Waals surface area contributed by atoms with Crippen molar-refractivity contribution in [3.05, 3.63) is 47.8 Å². The van der Waals surface area contributed by atoms with Crippen LogP contribution >= 0.6 is 0 Å². The Hall–Kier alpha value is -2.18. The van der Waals surface area contributed by atoms with Crippen molar-refractivity contribution in [2.24, 2.45) is 16.5 Å². The zero-order valence-corrected chi connectivity index (χ0v) is 13.8. The summed E-state index contributed by atoms with van der Waals surface area (Å²) in [5, 5.41) is 0.620. The zero-order valence-electron chi connectivity index (χ0n) is 13.0. The predicted octanol–water partition coefficient (Wildman–Crippen LogP) is -0.825. The third kappa shape index (κ3) is 5.18. The first-order chi connectivity index (χ1) is 10.8. The third-order valence-corrected chi connectivity index (χ3v) is 3.49. The third-order valence-electron chi connectivity index (χ3n) is 3.14. The molecule has 7 N–H and O–H groups in total. The lowest BCUT2D eigenvalue weighted by atomic mass is 10.2. The Morgan fingerprint density at radius 1 is 1.38 bits per heavy atom. The van der Waals surface area contributed by atoms with Crippen LogP contribution in [0.15, 0.2) is 47.2 Å². The Morgan fingerprint density at radius 3 is 2.50 bits per heavy atom. The number of hydroxylamine groups is 2. The molecule has 1 heterocycles. The number of hydrogen-bond donors (Lipinski definition) is 3. The van der Waals surface area contributed by atoms with Crippen LogP contribution in [0.1, 0.15) is 12.5 Å². The maximum absolute atomic E-state index is 10.8. The summed E-state index contributed by atoms with van der Waals surface area (Å²) in [4.78, 5) is 6.02. The first kappa shape index (κ1) is 19.9. The van der Waals surface area contributed by atoms with Crippen LogP contribution in [0.4, 0.5) is 0 Å². The molecule has 134 valence electrons. The van der Waals surface area contributed by atoms with E-state index in [4.69, 9.17) is 16.0 Å². The van der Waals surface area contributed by atoms with Gasteiger partial charge in [-0.15, -0.1) is 4.28 Å². The Kier molecular flexibility index (Phi) is 6.69. The molecule has 0 saturated heterocycles. The number of guanidine groups is 1. The van der Waals surface area contributed by atoms with E-state index < -0.39 is 16.6 Å². The molecule has 0 spiro atoms. The van der Waals surface area contributed by atoms with Crippen LogP contribution in [0.2, 0.25) is 0 Å². The van der Waals surface area contributed by atoms with Crippen LogP contribution in [0.25, 0.3) is 0 Å². The highest BCUT2D eigenvalue weighted by atomic mass is 32.3. The van der Waals surface area contributed by atoms with Gasteiger partial charge in [-0.3, -0.25) is 4.55 Å². The van der Waals surface area contributed by atoms with Crippen molar-refractivity contribution >= 4 is 16.4 Å². The molecule has 2 rings (SSSR count). The topological polar surface area (TPSA) is 166 Å². The Labute approximate surface area is 140 Å². The SMILES string of the molecule is CCN(Cc1ccccc1)C1=CC(N)N(OS(=O)(=O)O)C(N)=N1.O. The van der Waals surface area contributed by atoms with Gasteiger partial charge < -0.3 is 21.8 Å². The van der Waals surface area contributed by atoms with Gasteiger partial charge in [-0.2, -0.15) is 18.5 Å². The van der Waals surface area contributed by atoms with Gasteiger partial charge in [0.15, 0.2) is 0 Å². The van der Waals surface area contributed by atoms with Crippen LogP contribution < -0.4 is 11.5 Å². The number of rotatable bonds is 6. The Morgan fingerprint density at radius 2 is 2.00 bits per heavy atom. The maximum atomic E-state index is 10.8. The Balaban J connectivity index is 0.00000288. The van der Waals surface area contributed by atoms with E-state index in [1.54, 1.807) is 0 Å². The molecule has 1 aliphatic rings. The van der Waals surface area contributed by atoms with Gasteiger partial charge in [0.1, 0.15) is 12.0 Å². The quantitative estimate of drug-likeness (QED) is 0.554.